The Kier molecular flexibility index (Phi) is 11.4. The average molecular weight is 848 g/mol. The van der Waals surface area contributed by atoms with Gasteiger partial charge in [-0.15, -0.1) is 0 Å². The van der Waals surface area contributed by atoms with Crippen LogP contribution in [0.4, 0.5) is 9.59 Å². The van der Waals surface area contributed by atoms with Crippen molar-refractivity contribution in [1.29, 1.82) is 0 Å². The van der Waals surface area contributed by atoms with Gasteiger partial charge in [-0.3, -0.25) is 9.59 Å². The lowest BCUT2D eigenvalue weighted by Gasteiger charge is -2.28. The number of alkyl carbamates (subject to hydrolysis) is 2. The summed E-state index contributed by atoms with van der Waals surface area (Å²) in [5, 5.41) is 5.41. The minimum absolute atomic E-state index is 0.231. The van der Waals surface area contributed by atoms with Crippen molar-refractivity contribution in [1.82, 2.24) is 45.4 Å². The van der Waals surface area contributed by atoms with Crippen LogP contribution in [0.5, 0.6) is 0 Å². The Morgan fingerprint density at radius 3 is 1.63 bits per heavy atom. The van der Waals surface area contributed by atoms with Crippen molar-refractivity contribution in [2.75, 3.05) is 27.3 Å². The fraction of sp³-hybridized carbons (Fsp3) is 0.255. The number of nitrogens with zero attached hydrogens (tertiary/aromatic N) is 5. The van der Waals surface area contributed by atoms with Gasteiger partial charge in [-0.1, -0.05) is 72.8 Å². The number of carbonyl (C=O) groups is 4. The number of ether oxygens (including phenoxy) is 2. The van der Waals surface area contributed by atoms with Gasteiger partial charge in [0.05, 0.1) is 50.1 Å². The van der Waals surface area contributed by atoms with Crippen LogP contribution in [0.15, 0.2) is 120 Å². The first-order valence-corrected chi connectivity index (χ1v) is 20.8. The minimum atomic E-state index is -0.905. The van der Waals surface area contributed by atoms with Gasteiger partial charge in [0.25, 0.3) is 11.8 Å². The van der Waals surface area contributed by atoms with Crippen molar-refractivity contribution >= 4 is 35.1 Å². The van der Waals surface area contributed by atoms with Crippen molar-refractivity contribution in [3.63, 3.8) is 0 Å². The third-order valence-electron chi connectivity index (χ3n) is 11.7. The molecular formula is C47H45N9O7. The van der Waals surface area contributed by atoms with E-state index in [0.717, 1.165) is 53.8 Å². The van der Waals surface area contributed by atoms with Gasteiger partial charge in [0.15, 0.2) is 5.58 Å². The molecule has 4 atom stereocenters. The number of amides is 4. The molecule has 2 aliphatic rings. The molecule has 0 spiro atoms. The number of methoxy groups -OCH3 is 2. The third-order valence-corrected chi connectivity index (χ3v) is 11.7. The predicted molar refractivity (Wildman–Crippen MR) is 231 cm³/mol. The van der Waals surface area contributed by atoms with E-state index >= 15 is 0 Å². The first-order chi connectivity index (χ1) is 30.8. The number of fused-ring (bicyclic) bond motifs is 1. The number of H-pyrrole nitrogens is 2. The summed E-state index contributed by atoms with van der Waals surface area (Å²) in [6.45, 7) is 1.06. The average Bonchev–Trinajstić information content (AvgIpc) is 4.19. The van der Waals surface area contributed by atoms with E-state index in [1.54, 1.807) is 34.3 Å². The van der Waals surface area contributed by atoms with Gasteiger partial charge in [-0.05, 0) is 72.7 Å². The maximum absolute atomic E-state index is 14.0. The number of aromatic nitrogens is 5. The molecule has 4 aromatic carbocycles. The molecule has 4 amide bonds. The van der Waals surface area contributed by atoms with E-state index in [2.05, 4.69) is 20.6 Å². The quantitative estimate of drug-likeness (QED) is 0.0996. The Morgan fingerprint density at radius 2 is 1.13 bits per heavy atom. The number of hydrogen-bond donors (Lipinski definition) is 4. The number of imidazole rings is 2. The van der Waals surface area contributed by atoms with E-state index in [9.17, 15) is 19.2 Å². The maximum Gasteiger partial charge on any atom is 0.407 e. The Labute approximate surface area is 362 Å². The largest absolute Gasteiger partial charge is 0.453 e. The van der Waals surface area contributed by atoms with Crippen LogP contribution in [-0.2, 0) is 19.1 Å². The van der Waals surface area contributed by atoms with Crippen molar-refractivity contribution in [2.45, 2.75) is 49.9 Å². The van der Waals surface area contributed by atoms with Crippen LogP contribution in [0.3, 0.4) is 0 Å². The van der Waals surface area contributed by atoms with E-state index in [0.29, 0.717) is 52.9 Å². The third kappa shape index (κ3) is 8.34. The van der Waals surface area contributed by atoms with Gasteiger partial charge in [0.2, 0.25) is 5.89 Å². The molecule has 3 aromatic heterocycles. The molecule has 9 rings (SSSR count). The lowest BCUT2D eigenvalue weighted by molar-refractivity contribution is -0.135. The number of nitrogens with one attached hydrogen (secondary N) is 4. The zero-order valence-electron chi connectivity index (χ0n) is 34.6. The van der Waals surface area contributed by atoms with Crippen molar-refractivity contribution in [2.24, 2.45) is 0 Å². The van der Waals surface area contributed by atoms with Gasteiger partial charge >= 0.3 is 12.2 Å². The molecule has 0 saturated carbocycles. The first kappa shape index (κ1) is 40.6. The maximum atomic E-state index is 14.0. The van der Waals surface area contributed by atoms with Crippen molar-refractivity contribution in [3.05, 3.63) is 138 Å². The summed E-state index contributed by atoms with van der Waals surface area (Å²) in [4.78, 5) is 77.0. The number of likely N-dealkylation sites (tertiary alicyclic amines) is 2. The Bertz CT molecular complexity index is 2750. The Hall–Kier alpha value is -7.75. The lowest BCUT2D eigenvalue weighted by Crippen LogP contribution is -2.42. The number of hydrogen-bond acceptors (Lipinski definition) is 10. The topological polar surface area (TPSA) is 201 Å². The summed E-state index contributed by atoms with van der Waals surface area (Å²) in [6, 6.07) is 29.4. The highest BCUT2D eigenvalue weighted by Crippen LogP contribution is 2.37. The van der Waals surface area contributed by atoms with Crippen LogP contribution >= 0.6 is 0 Å². The van der Waals surface area contributed by atoms with Gasteiger partial charge in [-0.2, -0.15) is 0 Å². The van der Waals surface area contributed by atoms with Crippen molar-refractivity contribution in [3.8, 4) is 34.0 Å². The summed E-state index contributed by atoms with van der Waals surface area (Å²) in [5.41, 5.74) is 6.73. The van der Waals surface area contributed by atoms with Crippen LogP contribution in [0.25, 0.3) is 45.1 Å². The van der Waals surface area contributed by atoms with Gasteiger partial charge in [0.1, 0.15) is 29.2 Å². The molecule has 16 nitrogen and oxygen atoms in total. The monoisotopic (exact) mass is 847 g/mol. The zero-order valence-corrected chi connectivity index (χ0v) is 34.6. The van der Waals surface area contributed by atoms with Crippen LogP contribution in [0, 0.1) is 0 Å². The SMILES string of the molecule is COC(=O)N[C@@H](C(=O)N1CCC[C@H]1c1ncc(-c2ccc(-c3nc4cc(-c5cnc([C@@H]6CCCN6C(=O)[C@H](NC(=O)OC)c6ccccc6)[nH]5)ccc4o3)cc2)[nH]1)c1ccccc1. The van der Waals surface area contributed by atoms with Crippen LogP contribution < -0.4 is 10.6 Å². The van der Waals surface area contributed by atoms with Gasteiger partial charge < -0.3 is 44.3 Å². The molecule has 320 valence electrons. The molecule has 5 heterocycles. The smallest absolute Gasteiger partial charge is 0.407 e. The Morgan fingerprint density at radius 1 is 0.651 bits per heavy atom. The zero-order chi connectivity index (χ0) is 43.5. The molecule has 63 heavy (non-hydrogen) atoms. The summed E-state index contributed by atoms with van der Waals surface area (Å²) in [7, 11) is 2.54. The van der Waals surface area contributed by atoms with Crippen LogP contribution in [0.1, 0.15) is 72.6 Å². The van der Waals surface area contributed by atoms with E-state index in [4.69, 9.17) is 28.8 Å². The number of benzene rings is 4. The highest BCUT2D eigenvalue weighted by atomic mass is 16.5. The summed E-state index contributed by atoms with van der Waals surface area (Å²) in [6.07, 6.45) is 5.19. The summed E-state index contributed by atoms with van der Waals surface area (Å²) in [5.74, 6) is 1.32. The molecule has 0 aliphatic carbocycles. The highest BCUT2D eigenvalue weighted by molar-refractivity contribution is 5.88. The van der Waals surface area contributed by atoms with Crippen LogP contribution in [-0.4, -0.2) is 86.0 Å². The van der Waals surface area contributed by atoms with E-state index in [1.807, 2.05) is 91.0 Å². The van der Waals surface area contributed by atoms with Gasteiger partial charge in [0, 0.05) is 24.2 Å². The highest BCUT2D eigenvalue weighted by Gasteiger charge is 2.38. The van der Waals surface area contributed by atoms with Gasteiger partial charge in [-0.25, -0.2) is 24.5 Å². The summed E-state index contributed by atoms with van der Waals surface area (Å²) < 4.78 is 15.8. The fourth-order valence-electron chi connectivity index (χ4n) is 8.50. The van der Waals surface area contributed by atoms with Crippen LogP contribution in [0.2, 0.25) is 0 Å². The molecule has 2 aliphatic heterocycles. The molecular weight excluding hydrogens is 803 g/mol. The van der Waals surface area contributed by atoms with Crippen molar-refractivity contribution < 1.29 is 33.1 Å². The lowest BCUT2D eigenvalue weighted by atomic mass is 10.1. The standard InChI is InChI=1S/C47H45N9O7/c1-61-46(59)53-39(29-11-5-3-6-12-29)44(57)55-23-9-15-36(55)41-48-26-34(50-41)28-17-19-31(20-18-28)43-52-33-25-32(21-22-38(33)63-43)35-27-49-42(51-35)37-16-10-24-56(37)45(58)40(54-47(60)62-2)30-13-7-4-8-14-30/h3-8,11-14,17-22,25-27,36-37,39-40H,9-10,15-16,23-24H2,1-2H3,(H,48,50)(H,49,51)(H,53,59)(H,54,60)/t36-,37-,39+,40+/m0/s1. The number of aromatic amines is 2. The number of rotatable bonds is 11. The molecule has 2 fully saturated rings. The predicted octanol–water partition coefficient (Wildman–Crippen LogP) is 7.80. The second kappa shape index (κ2) is 17.7. The summed E-state index contributed by atoms with van der Waals surface area (Å²) >= 11 is 0. The fourth-order valence-corrected chi connectivity index (χ4v) is 8.50. The Balaban J connectivity index is 0.884. The molecule has 2 saturated heterocycles. The second-order valence-electron chi connectivity index (χ2n) is 15.5. The number of carbonyl (C=O) groups excluding carboxylic acids is 4. The minimum Gasteiger partial charge on any atom is -0.453 e. The normalized spacial score (nSPS) is 17.0. The molecule has 16 heteroatoms. The number of oxazole rings is 1. The molecule has 0 unspecified atom stereocenters. The molecule has 4 N–H and O–H groups in total. The van der Waals surface area contributed by atoms with E-state index < -0.39 is 24.3 Å². The molecule has 7 aromatic rings. The first-order valence-electron chi connectivity index (χ1n) is 20.8. The molecule has 0 bridgehead atoms. The molecule has 0 radical (unpaired) electrons. The van der Waals surface area contributed by atoms with E-state index in [1.165, 1.54) is 14.2 Å². The second-order valence-corrected chi connectivity index (χ2v) is 15.5. The van der Waals surface area contributed by atoms with E-state index in [-0.39, 0.29) is 23.9 Å².